The van der Waals surface area contributed by atoms with Gasteiger partial charge in [-0.2, -0.15) is 0 Å². The first-order chi connectivity index (χ1) is 14.3. The third-order valence-corrected chi connectivity index (χ3v) is 4.61. The largest absolute Gasteiger partial charge is 0.454 e. The van der Waals surface area contributed by atoms with Crippen molar-refractivity contribution in [1.29, 1.82) is 0 Å². The van der Waals surface area contributed by atoms with Crippen LogP contribution in [0.2, 0.25) is 0 Å². The molecule has 1 amide bonds. The summed E-state index contributed by atoms with van der Waals surface area (Å²) in [6, 6.07) is 16.3. The molecule has 0 fully saturated rings. The van der Waals surface area contributed by atoms with Crippen molar-refractivity contribution in [2.75, 3.05) is 11.9 Å². The van der Waals surface area contributed by atoms with Crippen LogP contribution in [-0.2, 0) is 26.2 Å². The molecule has 30 heavy (non-hydrogen) atoms. The van der Waals surface area contributed by atoms with Crippen LogP contribution in [0.5, 0.6) is 0 Å². The smallest absolute Gasteiger partial charge is 0.331 e. The van der Waals surface area contributed by atoms with Gasteiger partial charge in [-0.25, -0.2) is 9.48 Å². The first-order valence-corrected chi connectivity index (χ1v) is 9.66. The van der Waals surface area contributed by atoms with E-state index in [0.717, 1.165) is 11.1 Å². The van der Waals surface area contributed by atoms with Gasteiger partial charge >= 0.3 is 5.97 Å². The molecule has 0 spiro atoms. The van der Waals surface area contributed by atoms with E-state index in [4.69, 9.17) is 4.74 Å². The lowest BCUT2D eigenvalue weighted by Crippen LogP contribution is -2.28. The molecule has 0 aliphatic carbocycles. The van der Waals surface area contributed by atoms with Gasteiger partial charge in [0, 0.05) is 12.1 Å². The van der Waals surface area contributed by atoms with E-state index in [-0.39, 0.29) is 5.41 Å². The Kier molecular flexibility index (Phi) is 6.56. The normalized spacial score (nSPS) is 12.2. The molecule has 0 aliphatic heterocycles. The summed E-state index contributed by atoms with van der Waals surface area (Å²) in [6.45, 7) is 5.97. The monoisotopic (exact) mass is 407 g/mol. The summed E-state index contributed by atoms with van der Waals surface area (Å²) < 4.78 is 6.58. The molecule has 8 nitrogen and oxygen atoms in total. The van der Waals surface area contributed by atoms with Crippen LogP contribution in [0.25, 0.3) is 0 Å². The van der Waals surface area contributed by atoms with E-state index in [2.05, 4.69) is 41.6 Å². The molecular formula is C22H25N5O3. The van der Waals surface area contributed by atoms with Gasteiger partial charge in [-0.3, -0.25) is 4.79 Å². The maximum absolute atomic E-state index is 12.6. The van der Waals surface area contributed by atoms with Crippen molar-refractivity contribution in [1.82, 2.24) is 20.2 Å². The lowest BCUT2D eigenvalue weighted by molar-refractivity contribution is -0.151. The molecule has 1 N–H and O–H groups in total. The number of anilines is 1. The second-order valence-electron chi connectivity index (χ2n) is 7.98. The number of hydrogen-bond donors (Lipinski definition) is 1. The third kappa shape index (κ3) is 5.73. The van der Waals surface area contributed by atoms with Crippen molar-refractivity contribution >= 4 is 17.6 Å². The Balaban J connectivity index is 1.58. The highest BCUT2D eigenvalue weighted by Gasteiger charge is 2.24. The van der Waals surface area contributed by atoms with Crippen LogP contribution in [0.15, 0.2) is 60.9 Å². The number of amides is 1. The number of benzene rings is 2. The minimum atomic E-state index is -0.763. The molecule has 0 unspecified atom stereocenters. The van der Waals surface area contributed by atoms with Crippen LogP contribution >= 0.6 is 0 Å². The molecule has 0 saturated heterocycles. The maximum atomic E-state index is 12.6. The minimum Gasteiger partial charge on any atom is -0.454 e. The number of carbonyl (C=O) groups is 2. The summed E-state index contributed by atoms with van der Waals surface area (Å²) >= 11 is 0. The Hall–Kier alpha value is -3.55. The van der Waals surface area contributed by atoms with Crippen molar-refractivity contribution < 1.29 is 14.3 Å². The van der Waals surface area contributed by atoms with Crippen LogP contribution in [0.3, 0.4) is 0 Å². The number of carbonyl (C=O) groups excluding carboxylic acids is 2. The van der Waals surface area contributed by atoms with Crippen LogP contribution in [0.4, 0.5) is 5.69 Å². The number of rotatable bonds is 7. The van der Waals surface area contributed by atoms with Crippen molar-refractivity contribution in [3.63, 3.8) is 0 Å². The average Bonchev–Trinajstić information content (AvgIpc) is 3.25. The molecule has 0 radical (unpaired) electrons. The van der Waals surface area contributed by atoms with Gasteiger partial charge in [0.2, 0.25) is 0 Å². The predicted molar refractivity (Wildman–Crippen MR) is 112 cm³/mol. The van der Waals surface area contributed by atoms with Crippen molar-refractivity contribution in [2.45, 2.75) is 38.6 Å². The van der Waals surface area contributed by atoms with Crippen molar-refractivity contribution in [3.8, 4) is 0 Å². The molecule has 156 valence electrons. The van der Waals surface area contributed by atoms with Crippen LogP contribution in [-0.4, -0.2) is 38.7 Å². The van der Waals surface area contributed by atoms with E-state index in [1.807, 2.05) is 54.6 Å². The summed E-state index contributed by atoms with van der Waals surface area (Å²) in [5, 5.41) is 13.7. The van der Waals surface area contributed by atoms with E-state index in [1.54, 1.807) is 0 Å². The zero-order valence-corrected chi connectivity index (χ0v) is 17.3. The Labute approximate surface area is 175 Å². The van der Waals surface area contributed by atoms with E-state index in [0.29, 0.717) is 12.1 Å². The van der Waals surface area contributed by atoms with Gasteiger partial charge in [0.15, 0.2) is 12.6 Å². The van der Waals surface area contributed by atoms with Gasteiger partial charge in [-0.15, -0.1) is 5.10 Å². The lowest BCUT2D eigenvalue weighted by atomic mass is 9.87. The fourth-order valence-corrected chi connectivity index (χ4v) is 2.92. The van der Waals surface area contributed by atoms with Gasteiger partial charge in [-0.05, 0) is 39.1 Å². The Morgan fingerprint density at radius 1 is 1.07 bits per heavy atom. The quantitative estimate of drug-likeness (QED) is 0.605. The average molecular weight is 407 g/mol. The molecule has 0 aliphatic rings. The molecule has 2 aromatic carbocycles. The molecule has 3 rings (SSSR count). The van der Waals surface area contributed by atoms with E-state index in [1.165, 1.54) is 11.0 Å². The summed E-state index contributed by atoms with van der Waals surface area (Å²) in [5.74, 6) is -0.994. The number of aromatic nitrogens is 4. The summed E-state index contributed by atoms with van der Waals surface area (Å²) in [4.78, 5) is 24.9. The molecule has 3 aromatic rings. The summed E-state index contributed by atoms with van der Waals surface area (Å²) in [6.07, 6.45) is 1.70. The van der Waals surface area contributed by atoms with Gasteiger partial charge in [0.1, 0.15) is 6.33 Å². The minimum absolute atomic E-state index is 0.0298. The standard InChI is InChI=1S/C22H25N5O3/c1-22(2,3)17-9-11-18(12-10-17)24-20(28)14-30-21(29)19(27-15-23-25-26-27)13-16-7-5-4-6-8-16/h4-12,15,19H,13-14H2,1-3H3,(H,24,28)/t19-/m1/s1. The number of nitrogens with zero attached hydrogens (tertiary/aromatic N) is 4. The summed E-state index contributed by atoms with van der Waals surface area (Å²) in [5.41, 5.74) is 2.77. The number of ether oxygens (including phenoxy) is 1. The Bertz CT molecular complexity index is 964. The first-order valence-electron chi connectivity index (χ1n) is 9.66. The van der Waals surface area contributed by atoms with Crippen molar-refractivity contribution in [3.05, 3.63) is 72.1 Å². The molecule has 0 bridgehead atoms. The molecule has 1 heterocycles. The second-order valence-corrected chi connectivity index (χ2v) is 7.98. The highest BCUT2D eigenvalue weighted by Crippen LogP contribution is 2.23. The molecular weight excluding hydrogens is 382 g/mol. The highest BCUT2D eigenvalue weighted by molar-refractivity contribution is 5.93. The number of hydrogen-bond acceptors (Lipinski definition) is 6. The van der Waals surface area contributed by atoms with Gasteiger partial charge < -0.3 is 10.1 Å². The van der Waals surface area contributed by atoms with E-state index in [9.17, 15) is 9.59 Å². The molecule has 0 saturated carbocycles. The van der Waals surface area contributed by atoms with E-state index >= 15 is 0 Å². The lowest BCUT2D eigenvalue weighted by Gasteiger charge is -2.19. The predicted octanol–water partition coefficient (Wildman–Crippen LogP) is 2.94. The van der Waals surface area contributed by atoms with E-state index < -0.39 is 24.5 Å². The zero-order valence-electron chi connectivity index (χ0n) is 17.3. The van der Waals surface area contributed by atoms with Crippen LogP contribution in [0, 0.1) is 0 Å². The van der Waals surface area contributed by atoms with Gasteiger partial charge in [-0.1, -0.05) is 63.2 Å². The maximum Gasteiger partial charge on any atom is 0.331 e. The molecule has 1 aromatic heterocycles. The van der Waals surface area contributed by atoms with Crippen LogP contribution in [0.1, 0.15) is 37.9 Å². The first kappa shape index (κ1) is 21.2. The topological polar surface area (TPSA) is 99.0 Å². The highest BCUT2D eigenvalue weighted by atomic mass is 16.5. The van der Waals surface area contributed by atoms with Crippen molar-refractivity contribution in [2.24, 2.45) is 0 Å². The van der Waals surface area contributed by atoms with Gasteiger partial charge in [0.25, 0.3) is 5.91 Å². The number of tetrazole rings is 1. The second kappa shape index (κ2) is 9.30. The van der Waals surface area contributed by atoms with Gasteiger partial charge in [0.05, 0.1) is 0 Å². The SMILES string of the molecule is CC(C)(C)c1ccc(NC(=O)COC(=O)[C@@H](Cc2ccccc2)n2cnnn2)cc1. The Morgan fingerprint density at radius 2 is 1.77 bits per heavy atom. The molecule has 8 heteroatoms. The molecule has 1 atom stereocenters. The Morgan fingerprint density at radius 3 is 2.37 bits per heavy atom. The number of esters is 1. The fraction of sp³-hybridized carbons (Fsp3) is 0.318. The zero-order chi connectivity index (χ0) is 21.6. The van der Waals surface area contributed by atoms with Crippen LogP contribution < -0.4 is 5.32 Å². The summed E-state index contributed by atoms with van der Waals surface area (Å²) in [7, 11) is 0. The fourth-order valence-electron chi connectivity index (χ4n) is 2.92. The number of nitrogens with one attached hydrogen (secondary N) is 1. The third-order valence-electron chi connectivity index (χ3n) is 4.61.